The average molecular weight is 348 g/mol. The highest BCUT2D eigenvalue weighted by atomic mass is 16.5. The third-order valence-corrected chi connectivity index (χ3v) is 3.72. The van der Waals surface area contributed by atoms with Gasteiger partial charge in [0.25, 0.3) is 5.56 Å². The second kappa shape index (κ2) is 7.49. The number of hydrogen-bond donors (Lipinski definition) is 0. The minimum atomic E-state index is -0.231. The Morgan fingerprint density at radius 2 is 2.08 bits per heavy atom. The molecule has 2 aromatic carbocycles. The van der Waals surface area contributed by atoms with Crippen LogP contribution in [-0.4, -0.2) is 29.6 Å². The number of rotatable bonds is 5. The van der Waals surface area contributed by atoms with Crippen LogP contribution in [0.2, 0.25) is 0 Å². The fraction of sp³-hybridized carbons (Fsp3) is 0.158. The van der Waals surface area contributed by atoms with Crippen LogP contribution in [0.4, 0.5) is 0 Å². The lowest BCUT2D eigenvalue weighted by Gasteiger charge is -2.09. The molecule has 3 rings (SSSR count). The SMILES string of the molecule is COc1cc(C=Nn2c(C)nc3ccccc3c2=O)ccc1OCC#N. The molecule has 0 atom stereocenters. The molecule has 0 amide bonds. The summed E-state index contributed by atoms with van der Waals surface area (Å²) in [5.74, 6) is 1.43. The molecule has 3 aromatic rings. The third kappa shape index (κ3) is 3.39. The summed E-state index contributed by atoms with van der Waals surface area (Å²) >= 11 is 0. The van der Waals surface area contributed by atoms with Gasteiger partial charge in [0.15, 0.2) is 18.1 Å². The van der Waals surface area contributed by atoms with E-state index < -0.39 is 0 Å². The predicted molar refractivity (Wildman–Crippen MR) is 97.8 cm³/mol. The number of aryl methyl sites for hydroxylation is 1. The fourth-order valence-electron chi connectivity index (χ4n) is 2.49. The maximum atomic E-state index is 12.6. The van der Waals surface area contributed by atoms with Gasteiger partial charge in [-0.15, -0.1) is 0 Å². The van der Waals surface area contributed by atoms with E-state index in [1.807, 2.05) is 12.1 Å². The summed E-state index contributed by atoms with van der Waals surface area (Å²) in [5, 5.41) is 13.4. The average Bonchev–Trinajstić information content (AvgIpc) is 2.66. The van der Waals surface area contributed by atoms with Crippen molar-refractivity contribution in [2.75, 3.05) is 13.7 Å². The molecule has 7 heteroatoms. The molecule has 0 bridgehead atoms. The highest BCUT2D eigenvalue weighted by molar-refractivity contribution is 5.81. The van der Waals surface area contributed by atoms with E-state index in [2.05, 4.69) is 10.1 Å². The van der Waals surface area contributed by atoms with Crippen LogP contribution in [0, 0.1) is 18.3 Å². The first kappa shape index (κ1) is 17.2. The number of ether oxygens (including phenoxy) is 2. The minimum Gasteiger partial charge on any atom is -0.493 e. The van der Waals surface area contributed by atoms with Crippen molar-refractivity contribution in [1.82, 2.24) is 9.66 Å². The summed E-state index contributed by atoms with van der Waals surface area (Å²) in [5.41, 5.74) is 1.12. The van der Waals surface area contributed by atoms with Crippen molar-refractivity contribution in [2.24, 2.45) is 5.10 Å². The zero-order chi connectivity index (χ0) is 18.5. The molecule has 26 heavy (non-hydrogen) atoms. The van der Waals surface area contributed by atoms with Crippen LogP contribution < -0.4 is 15.0 Å². The largest absolute Gasteiger partial charge is 0.493 e. The van der Waals surface area contributed by atoms with Gasteiger partial charge in [0, 0.05) is 0 Å². The van der Waals surface area contributed by atoms with Gasteiger partial charge in [0.05, 0.1) is 24.2 Å². The summed E-state index contributed by atoms with van der Waals surface area (Å²) in [6.07, 6.45) is 1.54. The number of nitrogens with zero attached hydrogens (tertiary/aromatic N) is 4. The molecule has 1 aromatic heterocycles. The van der Waals surface area contributed by atoms with E-state index in [9.17, 15) is 4.79 Å². The summed E-state index contributed by atoms with van der Waals surface area (Å²) in [7, 11) is 1.51. The lowest BCUT2D eigenvalue weighted by Crippen LogP contribution is -2.20. The Morgan fingerprint density at radius 3 is 2.85 bits per heavy atom. The molecule has 0 aliphatic carbocycles. The van der Waals surface area contributed by atoms with E-state index in [1.54, 1.807) is 49.5 Å². The van der Waals surface area contributed by atoms with Gasteiger partial charge in [-0.1, -0.05) is 12.1 Å². The van der Waals surface area contributed by atoms with E-state index in [1.165, 1.54) is 11.8 Å². The first-order chi connectivity index (χ1) is 12.6. The molecule has 0 N–H and O–H groups in total. The van der Waals surface area contributed by atoms with Gasteiger partial charge in [0.1, 0.15) is 11.9 Å². The minimum absolute atomic E-state index is 0.0683. The number of methoxy groups -OCH3 is 1. The maximum absolute atomic E-state index is 12.6. The Morgan fingerprint density at radius 1 is 1.27 bits per heavy atom. The van der Waals surface area contributed by atoms with Crippen molar-refractivity contribution in [3.8, 4) is 17.6 Å². The lowest BCUT2D eigenvalue weighted by molar-refractivity contribution is 0.329. The Kier molecular flexibility index (Phi) is 4.94. The van der Waals surface area contributed by atoms with Crippen molar-refractivity contribution in [1.29, 1.82) is 5.26 Å². The predicted octanol–water partition coefficient (Wildman–Crippen LogP) is 2.50. The Hall–Kier alpha value is -3.66. The van der Waals surface area contributed by atoms with Crippen LogP contribution >= 0.6 is 0 Å². The monoisotopic (exact) mass is 348 g/mol. The van der Waals surface area contributed by atoms with Crippen molar-refractivity contribution in [3.63, 3.8) is 0 Å². The van der Waals surface area contributed by atoms with E-state index in [-0.39, 0.29) is 12.2 Å². The molecule has 0 saturated carbocycles. The normalized spacial score (nSPS) is 10.8. The van der Waals surface area contributed by atoms with Crippen LogP contribution in [0.15, 0.2) is 52.4 Å². The molecule has 0 saturated heterocycles. The summed E-state index contributed by atoms with van der Waals surface area (Å²) in [4.78, 5) is 17.0. The number of para-hydroxylation sites is 1. The number of nitriles is 1. The van der Waals surface area contributed by atoms with Crippen LogP contribution in [-0.2, 0) is 0 Å². The van der Waals surface area contributed by atoms with Crippen molar-refractivity contribution < 1.29 is 9.47 Å². The highest BCUT2D eigenvalue weighted by Gasteiger charge is 2.07. The third-order valence-electron chi connectivity index (χ3n) is 3.72. The van der Waals surface area contributed by atoms with Crippen LogP contribution in [0.25, 0.3) is 10.9 Å². The smallest absolute Gasteiger partial charge is 0.282 e. The quantitative estimate of drug-likeness (QED) is 0.661. The second-order valence-electron chi connectivity index (χ2n) is 5.39. The Bertz CT molecular complexity index is 1080. The van der Waals surface area contributed by atoms with Gasteiger partial charge in [-0.05, 0) is 42.8 Å². The standard InChI is InChI=1S/C19H16N4O3/c1-13-22-16-6-4-3-5-15(16)19(24)23(13)21-12-14-7-8-17(26-10-9-20)18(11-14)25-2/h3-8,11-12H,10H2,1-2H3. The van der Waals surface area contributed by atoms with Crippen molar-refractivity contribution in [3.05, 3.63) is 64.2 Å². The molecule has 0 aliphatic heterocycles. The molecule has 1 heterocycles. The highest BCUT2D eigenvalue weighted by Crippen LogP contribution is 2.27. The summed E-state index contributed by atoms with van der Waals surface area (Å²) in [6, 6.07) is 14.2. The summed E-state index contributed by atoms with van der Waals surface area (Å²) < 4.78 is 11.8. The molecule has 7 nitrogen and oxygen atoms in total. The van der Waals surface area contributed by atoms with E-state index in [0.29, 0.717) is 33.8 Å². The Balaban J connectivity index is 1.97. The first-order valence-electron chi connectivity index (χ1n) is 7.84. The zero-order valence-corrected chi connectivity index (χ0v) is 14.3. The van der Waals surface area contributed by atoms with Gasteiger partial charge >= 0.3 is 0 Å². The van der Waals surface area contributed by atoms with E-state index >= 15 is 0 Å². The molecular weight excluding hydrogens is 332 g/mol. The maximum Gasteiger partial charge on any atom is 0.282 e. The van der Waals surface area contributed by atoms with Gasteiger partial charge in [-0.25, -0.2) is 4.98 Å². The number of aromatic nitrogens is 2. The lowest BCUT2D eigenvalue weighted by atomic mass is 10.2. The molecule has 0 radical (unpaired) electrons. The van der Waals surface area contributed by atoms with E-state index in [0.717, 1.165) is 0 Å². The van der Waals surface area contributed by atoms with Gasteiger partial charge < -0.3 is 9.47 Å². The molecule has 0 fully saturated rings. The van der Waals surface area contributed by atoms with Crippen molar-refractivity contribution >= 4 is 17.1 Å². The topological polar surface area (TPSA) is 89.5 Å². The van der Waals surface area contributed by atoms with Crippen molar-refractivity contribution in [2.45, 2.75) is 6.92 Å². The molecule has 0 unspecified atom stereocenters. The van der Waals surface area contributed by atoms with Crippen LogP contribution in [0.5, 0.6) is 11.5 Å². The van der Waals surface area contributed by atoms with Gasteiger partial charge in [-0.2, -0.15) is 15.0 Å². The molecule has 0 aliphatic rings. The van der Waals surface area contributed by atoms with Crippen LogP contribution in [0.1, 0.15) is 11.4 Å². The summed E-state index contributed by atoms with van der Waals surface area (Å²) in [6.45, 7) is 1.66. The number of hydrogen-bond acceptors (Lipinski definition) is 6. The second-order valence-corrected chi connectivity index (χ2v) is 5.39. The molecule has 0 spiro atoms. The molecule has 130 valence electrons. The fourth-order valence-corrected chi connectivity index (χ4v) is 2.49. The number of benzene rings is 2. The number of fused-ring (bicyclic) bond motifs is 1. The molecular formula is C19H16N4O3. The Labute approximate surface area is 149 Å². The van der Waals surface area contributed by atoms with Gasteiger partial charge in [0.2, 0.25) is 0 Å². The van der Waals surface area contributed by atoms with Gasteiger partial charge in [-0.3, -0.25) is 4.79 Å². The first-order valence-corrected chi connectivity index (χ1v) is 7.84. The zero-order valence-electron chi connectivity index (χ0n) is 14.3. The van der Waals surface area contributed by atoms with E-state index in [4.69, 9.17) is 14.7 Å². The van der Waals surface area contributed by atoms with Crippen LogP contribution in [0.3, 0.4) is 0 Å².